The average molecular weight is 600 g/mol. The van der Waals surface area contributed by atoms with Crippen LogP contribution < -0.4 is 9.73 Å². The van der Waals surface area contributed by atoms with E-state index in [4.69, 9.17) is 11.6 Å². The van der Waals surface area contributed by atoms with Crippen LogP contribution in [-0.2, 0) is 14.8 Å². The molecule has 0 atom stereocenters. The molecule has 0 aliphatic rings. The number of carbonyl (C=O) groups is 1. The van der Waals surface area contributed by atoms with Crippen molar-refractivity contribution in [1.82, 2.24) is 9.99 Å². The molecule has 0 saturated heterocycles. The molecule has 7 nitrogen and oxygen atoms in total. The summed E-state index contributed by atoms with van der Waals surface area (Å²) in [6, 6.07) is 24.1. The van der Waals surface area contributed by atoms with E-state index in [1.54, 1.807) is 48.7 Å². The largest absolute Gasteiger partial charge is 0.318 e. The van der Waals surface area contributed by atoms with Gasteiger partial charge in [-0.25, -0.2) is 13.8 Å². The highest BCUT2D eigenvalue weighted by Gasteiger charge is 2.27. The smallest absolute Gasteiger partial charge is 0.264 e. The first kappa shape index (κ1) is 26.7. The van der Waals surface area contributed by atoms with Gasteiger partial charge in [-0.15, -0.1) is 0 Å². The minimum atomic E-state index is -4.01. The average Bonchev–Trinajstić information content (AvgIpc) is 3.16. The topological polar surface area (TPSA) is 83.8 Å². The molecular formula is C27H24BrClN4O3S. The molecule has 1 amide bonds. The van der Waals surface area contributed by atoms with E-state index in [2.05, 4.69) is 31.0 Å². The third-order valence-electron chi connectivity index (χ3n) is 5.66. The summed E-state index contributed by atoms with van der Waals surface area (Å²) < 4.78 is 30.8. The van der Waals surface area contributed by atoms with Gasteiger partial charge in [-0.1, -0.05) is 51.8 Å². The Morgan fingerprint density at radius 2 is 1.73 bits per heavy atom. The highest BCUT2D eigenvalue weighted by molar-refractivity contribution is 9.10. The zero-order chi connectivity index (χ0) is 26.6. The number of hydrogen-bond acceptors (Lipinski definition) is 4. The van der Waals surface area contributed by atoms with Gasteiger partial charge in [0, 0.05) is 32.1 Å². The highest BCUT2D eigenvalue weighted by atomic mass is 79.9. The van der Waals surface area contributed by atoms with E-state index in [-0.39, 0.29) is 4.90 Å². The van der Waals surface area contributed by atoms with Crippen LogP contribution >= 0.6 is 27.5 Å². The normalized spacial score (nSPS) is 11.6. The van der Waals surface area contributed by atoms with Crippen molar-refractivity contribution < 1.29 is 13.2 Å². The summed E-state index contributed by atoms with van der Waals surface area (Å²) in [5.74, 6) is -0.591. The van der Waals surface area contributed by atoms with Gasteiger partial charge in [0.05, 0.1) is 16.8 Å². The fraction of sp³-hybridized carbons (Fsp3) is 0.111. The number of aryl methyl sites for hydroxylation is 1. The van der Waals surface area contributed by atoms with Crippen LogP contribution in [0.3, 0.4) is 0 Å². The Hall–Kier alpha value is -3.40. The minimum absolute atomic E-state index is 0.0706. The van der Waals surface area contributed by atoms with Crippen molar-refractivity contribution in [2.75, 3.05) is 10.8 Å². The number of benzene rings is 3. The van der Waals surface area contributed by atoms with E-state index in [1.807, 2.05) is 44.2 Å². The van der Waals surface area contributed by atoms with Crippen LogP contribution in [0.25, 0.3) is 5.69 Å². The number of halogens is 2. The maximum Gasteiger partial charge on any atom is 0.264 e. The van der Waals surface area contributed by atoms with E-state index in [9.17, 15) is 13.2 Å². The lowest BCUT2D eigenvalue weighted by molar-refractivity contribution is -0.119. The van der Waals surface area contributed by atoms with Crippen LogP contribution in [0, 0.1) is 13.8 Å². The number of sulfonamides is 1. The van der Waals surface area contributed by atoms with E-state index >= 15 is 0 Å². The molecule has 0 bridgehead atoms. The third-order valence-corrected chi connectivity index (χ3v) is 8.20. The molecule has 0 unspecified atom stereocenters. The van der Waals surface area contributed by atoms with Crippen LogP contribution in [0.4, 0.5) is 5.69 Å². The predicted molar refractivity (Wildman–Crippen MR) is 151 cm³/mol. The van der Waals surface area contributed by atoms with Crippen molar-refractivity contribution in [3.05, 3.63) is 111 Å². The van der Waals surface area contributed by atoms with Crippen LogP contribution in [0.5, 0.6) is 0 Å². The summed E-state index contributed by atoms with van der Waals surface area (Å²) in [7, 11) is -4.01. The molecule has 37 heavy (non-hydrogen) atoms. The highest BCUT2D eigenvalue weighted by Crippen LogP contribution is 2.25. The van der Waals surface area contributed by atoms with Gasteiger partial charge in [-0.05, 0) is 74.5 Å². The maximum atomic E-state index is 13.4. The summed E-state index contributed by atoms with van der Waals surface area (Å²) in [6.45, 7) is 3.49. The summed E-state index contributed by atoms with van der Waals surface area (Å²) in [4.78, 5) is 12.9. The Balaban J connectivity index is 1.54. The number of carbonyl (C=O) groups excluding carboxylic acids is 1. The molecule has 1 heterocycles. The molecule has 1 N–H and O–H groups in total. The van der Waals surface area contributed by atoms with Gasteiger partial charge in [0.25, 0.3) is 15.9 Å². The van der Waals surface area contributed by atoms with Crippen molar-refractivity contribution >= 4 is 55.4 Å². The number of hydrazone groups is 1. The quantitative estimate of drug-likeness (QED) is 0.204. The molecule has 190 valence electrons. The summed E-state index contributed by atoms with van der Waals surface area (Å²) in [5, 5.41) is 4.55. The molecule has 0 fully saturated rings. The van der Waals surface area contributed by atoms with Gasteiger partial charge in [0.2, 0.25) is 0 Å². The molecule has 1 aromatic heterocycles. The Bertz CT molecular complexity index is 1550. The summed E-state index contributed by atoms with van der Waals surface area (Å²) >= 11 is 9.48. The van der Waals surface area contributed by atoms with E-state index in [1.165, 1.54) is 12.1 Å². The molecule has 0 saturated carbocycles. The molecule has 4 aromatic rings. The predicted octanol–water partition coefficient (Wildman–Crippen LogP) is 5.86. The monoisotopic (exact) mass is 598 g/mol. The van der Waals surface area contributed by atoms with Crippen molar-refractivity contribution in [2.45, 2.75) is 18.7 Å². The Kier molecular flexibility index (Phi) is 8.16. The van der Waals surface area contributed by atoms with Crippen molar-refractivity contribution in [3.8, 4) is 5.69 Å². The van der Waals surface area contributed by atoms with Gasteiger partial charge in [0.15, 0.2) is 0 Å². The molecule has 0 radical (unpaired) electrons. The molecule has 0 spiro atoms. The molecule has 0 aliphatic carbocycles. The van der Waals surface area contributed by atoms with Crippen LogP contribution in [0.1, 0.15) is 17.0 Å². The van der Waals surface area contributed by atoms with Crippen molar-refractivity contribution in [2.24, 2.45) is 5.10 Å². The first-order valence-electron chi connectivity index (χ1n) is 11.3. The Labute approximate surface area is 229 Å². The first-order chi connectivity index (χ1) is 17.7. The number of rotatable bonds is 8. The van der Waals surface area contributed by atoms with Crippen molar-refractivity contribution in [1.29, 1.82) is 0 Å². The zero-order valence-electron chi connectivity index (χ0n) is 20.1. The lowest BCUT2D eigenvalue weighted by atomic mass is 10.2. The SMILES string of the molecule is Cc1cc(/C=N/NC(=O)CN(c2ccc(Cl)cc2)S(=O)(=O)c2ccccc2)c(C)n1-c1cccc(Br)c1. The number of nitrogens with one attached hydrogen (secondary N) is 1. The number of aromatic nitrogens is 1. The van der Waals surface area contributed by atoms with Gasteiger partial charge < -0.3 is 4.57 Å². The van der Waals surface area contributed by atoms with Gasteiger partial charge in [-0.3, -0.25) is 9.10 Å². The van der Waals surface area contributed by atoms with Gasteiger partial charge in [-0.2, -0.15) is 5.10 Å². The number of nitrogens with zero attached hydrogens (tertiary/aromatic N) is 3. The molecule has 0 aliphatic heterocycles. The minimum Gasteiger partial charge on any atom is -0.318 e. The fourth-order valence-corrected chi connectivity index (χ4v) is 5.87. The van der Waals surface area contributed by atoms with E-state index < -0.39 is 22.5 Å². The third kappa shape index (κ3) is 6.12. The number of amides is 1. The molecule has 3 aromatic carbocycles. The fourth-order valence-electron chi connectivity index (χ4n) is 3.91. The van der Waals surface area contributed by atoms with Crippen LogP contribution in [-0.4, -0.2) is 31.7 Å². The molecule has 10 heteroatoms. The molecular weight excluding hydrogens is 576 g/mol. The van der Waals surface area contributed by atoms with E-state index in [0.29, 0.717) is 10.7 Å². The zero-order valence-corrected chi connectivity index (χ0v) is 23.3. The first-order valence-corrected chi connectivity index (χ1v) is 13.9. The van der Waals surface area contributed by atoms with Crippen LogP contribution in [0.15, 0.2) is 99.4 Å². The Morgan fingerprint density at radius 1 is 1.03 bits per heavy atom. The number of anilines is 1. The van der Waals surface area contributed by atoms with Crippen molar-refractivity contribution in [3.63, 3.8) is 0 Å². The lowest BCUT2D eigenvalue weighted by Gasteiger charge is -2.23. The maximum absolute atomic E-state index is 13.4. The Morgan fingerprint density at radius 3 is 2.41 bits per heavy atom. The lowest BCUT2D eigenvalue weighted by Crippen LogP contribution is -2.39. The van der Waals surface area contributed by atoms with Crippen LogP contribution in [0.2, 0.25) is 5.02 Å². The van der Waals surface area contributed by atoms with Gasteiger partial charge >= 0.3 is 0 Å². The van der Waals surface area contributed by atoms with E-state index in [0.717, 1.165) is 31.4 Å². The molecule has 4 rings (SSSR count). The second-order valence-corrected chi connectivity index (χ2v) is 11.5. The van der Waals surface area contributed by atoms with Gasteiger partial charge in [0.1, 0.15) is 6.54 Å². The summed E-state index contributed by atoms with van der Waals surface area (Å²) in [6.07, 6.45) is 1.55. The standard InChI is InChI=1S/C27H24BrClN4O3S/c1-19-15-21(20(2)33(19)25-8-6-7-22(28)16-25)17-30-31-27(34)18-32(24-13-11-23(29)12-14-24)37(35,36)26-9-4-3-5-10-26/h3-17H,18H2,1-2H3,(H,31,34)/b30-17+. The second-order valence-electron chi connectivity index (χ2n) is 8.24. The number of hydrogen-bond donors (Lipinski definition) is 1. The summed E-state index contributed by atoms with van der Waals surface area (Å²) in [5.41, 5.74) is 6.54. The second kappa shape index (κ2) is 11.3.